The fourth-order valence-electron chi connectivity index (χ4n) is 1.07. The molecule has 0 N–H and O–H groups in total. The van der Waals surface area contributed by atoms with Crippen LogP contribution in [0.5, 0.6) is 0 Å². The first-order chi connectivity index (χ1) is 5.75. The number of pyridine rings is 1. The Labute approximate surface area is 73.8 Å². The number of hydrogen-bond donors (Lipinski definition) is 0. The fourth-order valence-corrected chi connectivity index (χ4v) is 1.23. The maximum Gasteiger partial charge on any atom is 0.213 e. The lowest BCUT2D eigenvalue weighted by atomic mass is 10.2. The molecule has 2 rings (SSSR count). The highest BCUT2D eigenvalue weighted by molar-refractivity contribution is 6.31. The van der Waals surface area contributed by atoms with Gasteiger partial charge < -0.3 is 0 Å². The summed E-state index contributed by atoms with van der Waals surface area (Å²) in [6.07, 6.45) is 0. The van der Waals surface area contributed by atoms with Crippen molar-refractivity contribution in [2.75, 3.05) is 0 Å². The highest BCUT2D eigenvalue weighted by Crippen LogP contribution is 2.17. The van der Waals surface area contributed by atoms with Crippen molar-refractivity contribution in [3.8, 4) is 0 Å². The van der Waals surface area contributed by atoms with Gasteiger partial charge >= 0.3 is 0 Å². The van der Waals surface area contributed by atoms with E-state index in [4.69, 9.17) is 11.6 Å². The second-order valence-electron chi connectivity index (χ2n) is 2.47. The van der Waals surface area contributed by atoms with E-state index in [1.807, 2.05) is 6.07 Å². The maximum atomic E-state index is 12.6. The molecule has 1 heterocycles. The molecule has 0 fully saturated rings. The van der Waals surface area contributed by atoms with Crippen molar-refractivity contribution in [1.82, 2.24) is 4.98 Å². The number of nitrogens with zero attached hydrogens (tertiary/aromatic N) is 1. The number of halogens is 2. The molecule has 1 nitrogen and oxygen atoms in total. The fraction of sp³-hybridized carbons (Fsp3) is 0. The number of rotatable bonds is 0. The first kappa shape index (κ1) is 7.50. The molecule has 60 valence electrons. The first-order valence-corrected chi connectivity index (χ1v) is 3.85. The van der Waals surface area contributed by atoms with E-state index in [-0.39, 0.29) is 0 Å². The van der Waals surface area contributed by atoms with E-state index in [2.05, 4.69) is 4.98 Å². The third-order valence-electron chi connectivity index (χ3n) is 1.62. The van der Waals surface area contributed by atoms with Crippen LogP contribution in [0.4, 0.5) is 4.39 Å². The summed E-state index contributed by atoms with van der Waals surface area (Å²) in [5.41, 5.74) is 0.586. The smallest absolute Gasteiger partial charge is 0.213 e. The molecule has 0 aliphatic rings. The quantitative estimate of drug-likeness (QED) is 0.570. The van der Waals surface area contributed by atoms with Gasteiger partial charge in [-0.3, -0.25) is 0 Å². The zero-order chi connectivity index (χ0) is 8.55. The van der Waals surface area contributed by atoms with E-state index in [1.165, 1.54) is 6.07 Å². The summed E-state index contributed by atoms with van der Waals surface area (Å²) in [5, 5.41) is 1.46. The van der Waals surface area contributed by atoms with Crippen LogP contribution in [-0.2, 0) is 0 Å². The summed E-state index contributed by atoms with van der Waals surface area (Å²) >= 11 is 5.71. The lowest BCUT2D eigenvalue weighted by molar-refractivity contribution is 0.589. The van der Waals surface area contributed by atoms with E-state index < -0.39 is 5.95 Å². The molecule has 0 saturated carbocycles. The Morgan fingerprint density at radius 2 is 1.92 bits per heavy atom. The van der Waals surface area contributed by atoms with Gasteiger partial charge in [0.15, 0.2) is 0 Å². The highest BCUT2D eigenvalue weighted by Gasteiger charge is 1.97. The normalized spacial score (nSPS) is 10.5. The molecule has 0 aliphatic carbocycles. The monoisotopic (exact) mass is 181 g/mol. The van der Waals surface area contributed by atoms with Crippen LogP contribution in [0.1, 0.15) is 0 Å². The molecule has 0 aliphatic heterocycles. The van der Waals surface area contributed by atoms with Crippen LogP contribution in [0, 0.1) is 5.95 Å². The summed E-state index contributed by atoms with van der Waals surface area (Å²) in [6.45, 7) is 0. The van der Waals surface area contributed by atoms with Crippen LogP contribution in [-0.4, -0.2) is 4.98 Å². The van der Waals surface area contributed by atoms with Gasteiger partial charge in [-0.25, -0.2) is 4.98 Å². The Hall–Kier alpha value is -1.15. The number of benzene rings is 1. The van der Waals surface area contributed by atoms with E-state index >= 15 is 0 Å². The lowest BCUT2D eigenvalue weighted by Gasteiger charge is -1.96. The minimum Gasteiger partial charge on any atom is -0.220 e. The molecule has 0 bridgehead atoms. The number of fused-ring (bicyclic) bond motifs is 1. The van der Waals surface area contributed by atoms with Crippen LogP contribution < -0.4 is 0 Å². The summed E-state index contributed by atoms with van der Waals surface area (Å²) < 4.78 is 12.6. The van der Waals surface area contributed by atoms with Crippen LogP contribution in [0.15, 0.2) is 30.3 Å². The topological polar surface area (TPSA) is 12.9 Å². The van der Waals surface area contributed by atoms with Crippen molar-refractivity contribution in [3.63, 3.8) is 0 Å². The Kier molecular flexibility index (Phi) is 1.70. The molecule has 0 radical (unpaired) electrons. The summed E-state index contributed by atoms with van der Waals surface area (Å²) in [4.78, 5) is 3.69. The molecule has 0 amide bonds. The Morgan fingerprint density at radius 1 is 1.17 bits per heavy atom. The molecule has 1 aromatic carbocycles. The summed E-state index contributed by atoms with van der Waals surface area (Å²) in [6, 6.07) is 8.21. The van der Waals surface area contributed by atoms with Gasteiger partial charge in [0.1, 0.15) is 0 Å². The third kappa shape index (κ3) is 1.25. The van der Waals surface area contributed by atoms with Gasteiger partial charge in [-0.1, -0.05) is 17.7 Å². The van der Waals surface area contributed by atoms with Crippen LogP contribution in [0.3, 0.4) is 0 Å². The number of hydrogen-bond acceptors (Lipinski definition) is 1. The molecule has 2 aromatic rings. The lowest BCUT2D eigenvalue weighted by Crippen LogP contribution is -1.82. The van der Waals surface area contributed by atoms with Gasteiger partial charge in [0.05, 0.1) is 5.52 Å². The molecule has 12 heavy (non-hydrogen) atoms. The molecule has 3 heteroatoms. The van der Waals surface area contributed by atoms with Crippen molar-refractivity contribution >= 4 is 22.5 Å². The first-order valence-electron chi connectivity index (χ1n) is 3.47. The van der Waals surface area contributed by atoms with Gasteiger partial charge in [0, 0.05) is 10.4 Å². The standard InChI is InChI=1S/C9H5ClFN/c10-7-3-1-6-2-4-9(11)12-8(6)5-7/h1-5H. The molecule has 0 saturated heterocycles. The second kappa shape index (κ2) is 2.72. The minimum atomic E-state index is -0.482. The average Bonchev–Trinajstić information content (AvgIpc) is 2.03. The molecule has 1 aromatic heterocycles. The van der Waals surface area contributed by atoms with E-state index in [1.54, 1.807) is 18.2 Å². The highest BCUT2D eigenvalue weighted by atomic mass is 35.5. The van der Waals surface area contributed by atoms with E-state index in [0.29, 0.717) is 10.5 Å². The van der Waals surface area contributed by atoms with Gasteiger partial charge in [0.25, 0.3) is 0 Å². The molecule has 0 spiro atoms. The SMILES string of the molecule is Fc1ccc2ccc(Cl)cc2n1. The Morgan fingerprint density at radius 3 is 2.75 bits per heavy atom. The number of aromatic nitrogens is 1. The second-order valence-corrected chi connectivity index (χ2v) is 2.91. The predicted molar refractivity (Wildman–Crippen MR) is 46.7 cm³/mol. The summed E-state index contributed by atoms with van der Waals surface area (Å²) in [7, 11) is 0. The zero-order valence-electron chi connectivity index (χ0n) is 6.09. The minimum absolute atomic E-state index is 0.482. The van der Waals surface area contributed by atoms with Crippen molar-refractivity contribution in [1.29, 1.82) is 0 Å². The van der Waals surface area contributed by atoms with Crippen LogP contribution in [0.25, 0.3) is 10.9 Å². The Balaban J connectivity index is 2.80. The Bertz CT molecular complexity index is 391. The zero-order valence-corrected chi connectivity index (χ0v) is 6.85. The van der Waals surface area contributed by atoms with E-state index in [9.17, 15) is 4.39 Å². The predicted octanol–water partition coefficient (Wildman–Crippen LogP) is 3.03. The van der Waals surface area contributed by atoms with Crippen molar-refractivity contribution in [2.45, 2.75) is 0 Å². The van der Waals surface area contributed by atoms with Crippen molar-refractivity contribution in [3.05, 3.63) is 41.3 Å². The van der Waals surface area contributed by atoms with Crippen molar-refractivity contribution in [2.24, 2.45) is 0 Å². The average molecular weight is 182 g/mol. The van der Waals surface area contributed by atoms with Crippen LogP contribution >= 0.6 is 11.6 Å². The molecule has 0 atom stereocenters. The molecular weight excluding hydrogens is 177 g/mol. The van der Waals surface area contributed by atoms with E-state index in [0.717, 1.165) is 5.39 Å². The maximum absolute atomic E-state index is 12.6. The summed E-state index contributed by atoms with van der Waals surface area (Å²) in [5.74, 6) is -0.482. The molecular formula is C9H5ClFN. The van der Waals surface area contributed by atoms with Gasteiger partial charge in [-0.05, 0) is 24.3 Å². The van der Waals surface area contributed by atoms with Gasteiger partial charge in [0.2, 0.25) is 5.95 Å². The van der Waals surface area contributed by atoms with Crippen LogP contribution in [0.2, 0.25) is 5.02 Å². The van der Waals surface area contributed by atoms with Gasteiger partial charge in [-0.2, -0.15) is 4.39 Å². The largest absolute Gasteiger partial charge is 0.220 e. The van der Waals surface area contributed by atoms with Crippen molar-refractivity contribution < 1.29 is 4.39 Å². The van der Waals surface area contributed by atoms with Gasteiger partial charge in [-0.15, -0.1) is 0 Å². The molecule has 0 unspecified atom stereocenters. The third-order valence-corrected chi connectivity index (χ3v) is 1.86.